The molecular weight excluding hydrogens is 330 g/mol. The lowest BCUT2D eigenvalue weighted by Crippen LogP contribution is -2.34. The number of carbonyl (C=O) groups is 2. The first-order valence-corrected chi connectivity index (χ1v) is 9.94. The second-order valence-corrected chi connectivity index (χ2v) is 8.59. The van der Waals surface area contributed by atoms with Crippen LogP contribution < -0.4 is 0 Å². The summed E-state index contributed by atoms with van der Waals surface area (Å²) in [6, 6.07) is 8.02. The topological polar surface area (TPSA) is 37.4 Å². The fraction of sp³-hybridized carbons (Fsp3) is 0.524. The van der Waals surface area contributed by atoms with Crippen LogP contribution in [-0.4, -0.2) is 29.7 Å². The van der Waals surface area contributed by atoms with E-state index in [4.69, 9.17) is 0 Å². The lowest BCUT2D eigenvalue weighted by molar-refractivity contribution is -0.130. The van der Waals surface area contributed by atoms with Gasteiger partial charge in [-0.15, -0.1) is 11.3 Å². The van der Waals surface area contributed by atoms with E-state index in [9.17, 15) is 9.59 Å². The lowest BCUT2D eigenvalue weighted by Gasteiger charge is -2.22. The van der Waals surface area contributed by atoms with Crippen molar-refractivity contribution in [2.24, 2.45) is 5.41 Å². The van der Waals surface area contributed by atoms with Gasteiger partial charge in [0, 0.05) is 23.2 Å². The number of fused-ring (bicyclic) bond motifs is 1. The Labute approximate surface area is 155 Å². The van der Waals surface area contributed by atoms with Crippen LogP contribution >= 0.6 is 11.3 Å². The number of amides is 1. The van der Waals surface area contributed by atoms with Crippen LogP contribution in [0.3, 0.4) is 0 Å². The van der Waals surface area contributed by atoms with E-state index in [0.717, 1.165) is 46.5 Å². The molecule has 0 aliphatic heterocycles. The zero-order valence-electron chi connectivity index (χ0n) is 16.0. The van der Waals surface area contributed by atoms with E-state index in [-0.39, 0.29) is 11.7 Å². The van der Waals surface area contributed by atoms with E-state index in [1.54, 1.807) is 0 Å². The fourth-order valence-electron chi connectivity index (χ4n) is 2.96. The van der Waals surface area contributed by atoms with E-state index in [1.165, 1.54) is 11.3 Å². The summed E-state index contributed by atoms with van der Waals surface area (Å²) in [7, 11) is 0. The van der Waals surface area contributed by atoms with Crippen molar-refractivity contribution in [2.75, 3.05) is 13.1 Å². The second-order valence-electron chi connectivity index (χ2n) is 7.54. The quantitative estimate of drug-likeness (QED) is 0.627. The number of hydrogen-bond donors (Lipinski definition) is 0. The van der Waals surface area contributed by atoms with Crippen LogP contribution in [0, 0.1) is 5.41 Å². The highest BCUT2D eigenvalue weighted by Crippen LogP contribution is 2.36. The van der Waals surface area contributed by atoms with Crippen molar-refractivity contribution in [1.82, 2.24) is 4.90 Å². The summed E-state index contributed by atoms with van der Waals surface area (Å²) in [6.45, 7) is 11.5. The van der Waals surface area contributed by atoms with Gasteiger partial charge in [-0.05, 0) is 29.9 Å². The molecule has 1 amide bonds. The maximum Gasteiger partial charge on any atom is 0.227 e. The molecule has 136 valence electrons. The molecule has 0 unspecified atom stereocenters. The molecule has 0 atom stereocenters. The van der Waals surface area contributed by atoms with Crippen LogP contribution in [0.4, 0.5) is 0 Å². The van der Waals surface area contributed by atoms with Gasteiger partial charge in [0.15, 0.2) is 5.78 Å². The summed E-state index contributed by atoms with van der Waals surface area (Å²) >= 11 is 1.52. The summed E-state index contributed by atoms with van der Waals surface area (Å²) in [4.78, 5) is 28.5. The van der Waals surface area contributed by atoms with E-state index in [0.29, 0.717) is 6.42 Å². The molecule has 0 aliphatic carbocycles. The summed E-state index contributed by atoms with van der Waals surface area (Å²) < 4.78 is 1.08. The molecule has 4 heteroatoms. The van der Waals surface area contributed by atoms with E-state index >= 15 is 0 Å². The maximum absolute atomic E-state index is 12.9. The molecule has 0 saturated heterocycles. The van der Waals surface area contributed by atoms with E-state index in [2.05, 4.69) is 13.8 Å². The van der Waals surface area contributed by atoms with Crippen LogP contribution in [0.2, 0.25) is 0 Å². The van der Waals surface area contributed by atoms with E-state index < -0.39 is 5.41 Å². The highest BCUT2D eigenvalue weighted by molar-refractivity contribution is 7.21. The van der Waals surface area contributed by atoms with Gasteiger partial charge in [0.1, 0.15) is 0 Å². The zero-order valence-corrected chi connectivity index (χ0v) is 16.8. The molecule has 0 fully saturated rings. The van der Waals surface area contributed by atoms with Crippen LogP contribution in [0.25, 0.3) is 10.1 Å². The molecule has 0 radical (unpaired) electrons. The Bertz CT molecular complexity index is 749. The Kier molecular flexibility index (Phi) is 6.39. The largest absolute Gasteiger partial charge is 0.342 e. The molecule has 0 N–H and O–H groups in total. The zero-order chi connectivity index (χ0) is 18.6. The molecule has 25 heavy (non-hydrogen) atoms. The fourth-order valence-corrected chi connectivity index (χ4v) is 4.33. The smallest absolute Gasteiger partial charge is 0.227 e. The molecule has 0 bridgehead atoms. The first-order valence-electron chi connectivity index (χ1n) is 9.12. The minimum atomic E-state index is -0.453. The Morgan fingerprint density at radius 2 is 1.64 bits per heavy atom. The minimum absolute atomic E-state index is 0.119. The third-order valence-electron chi connectivity index (χ3n) is 4.25. The Morgan fingerprint density at radius 3 is 2.20 bits per heavy atom. The number of benzene rings is 1. The van der Waals surface area contributed by atoms with Gasteiger partial charge in [0.05, 0.1) is 11.3 Å². The average Bonchev–Trinajstić information content (AvgIpc) is 2.91. The van der Waals surface area contributed by atoms with Crippen molar-refractivity contribution < 1.29 is 9.59 Å². The van der Waals surface area contributed by atoms with Crippen molar-refractivity contribution in [3.63, 3.8) is 0 Å². The minimum Gasteiger partial charge on any atom is -0.342 e. The number of rotatable bonds is 7. The third kappa shape index (κ3) is 4.49. The third-order valence-corrected chi connectivity index (χ3v) is 5.47. The lowest BCUT2D eigenvalue weighted by atomic mass is 9.88. The van der Waals surface area contributed by atoms with Crippen molar-refractivity contribution in [1.29, 1.82) is 0 Å². The predicted molar refractivity (Wildman–Crippen MR) is 106 cm³/mol. The predicted octanol–water partition coefficient (Wildman–Crippen LogP) is 5.32. The summed E-state index contributed by atoms with van der Waals surface area (Å²) in [5.41, 5.74) is 0.452. The molecular formula is C21H29NO2S. The standard InChI is InChI=1S/C21H29NO2S/c1-6-12-22(13-7-2)18(23)14-16-15-10-8-9-11-17(15)25-19(16)20(24)21(3,4)5/h8-11H,6-7,12-14H2,1-5H3. The van der Waals surface area contributed by atoms with Crippen molar-refractivity contribution in [3.05, 3.63) is 34.7 Å². The SMILES string of the molecule is CCCN(CCC)C(=O)Cc1c(C(=O)C(C)(C)C)sc2ccccc12. The van der Waals surface area contributed by atoms with Gasteiger partial charge in [-0.3, -0.25) is 9.59 Å². The van der Waals surface area contributed by atoms with Crippen LogP contribution in [-0.2, 0) is 11.2 Å². The first kappa shape index (κ1) is 19.6. The van der Waals surface area contributed by atoms with E-state index in [1.807, 2.05) is 49.9 Å². The number of Topliss-reactive ketones (excluding diaryl/α,β-unsaturated/α-hetero) is 1. The van der Waals surface area contributed by atoms with Crippen molar-refractivity contribution >= 4 is 33.1 Å². The highest BCUT2D eigenvalue weighted by Gasteiger charge is 2.29. The molecule has 2 aromatic rings. The number of thiophene rings is 1. The van der Waals surface area contributed by atoms with Crippen molar-refractivity contribution in [2.45, 2.75) is 53.9 Å². The molecule has 3 nitrogen and oxygen atoms in total. The monoisotopic (exact) mass is 359 g/mol. The van der Waals surface area contributed by atoms with Gasteiger partial charge in [0.2, 0.25) is 5.91 Å². The average molecular weight is 360 g/mol. The number of nitrogens with zero attached hydrogens (tertiary/aromatic N) is 1. The molecule has 1 aromatic carbocycles. The van der Waals surface area contributed by atoms with Crippen LogP contribution in [0.15, 0.2) is 24.3 Å². The van der Waals surface area contributed by atoms with Gasteiger partial charge < -0.3 is 4.90 Å². The Balaban J connectivity index is 2.44. The number of ketones is 1. The maximum atomic E-state index is 12.9. The second kappa shape index (κ2) is 8.13. The normalized spacial score (nSPS) is 11.7. The number of carbonyl (C=O) groups excluding carboxylic acids is 2. The van der Waals surface area contributed by atoms with Gasteiger partial charge >= 0.3 is 0 Å². The summed E-state index contributed by atoms with van der Waals surface area (Å²) in [6.07, 6.45) is 2.20. The van der Waals surface area contributed by atoms with Crippen LogP contribution in [0.1, 0.15) is 62.7 Å². The summed E-state index contributed by atoms with van der Waals surface area (Å²) in [5, 5.41) is 1.04. The molecule has 1 aromatic heterocycles. The van der Waals surface area contributed by atoms with Gasteiger partial charge in [-0.2, -0.15) is 0 Å². The first-order chi connectivity index (χ1) is 11.8. The molecule has 0 saturated carbocycles. The Hall–Kier alpha value is -1.68. The van der Waals surface area contributed by atoms with Crippen molar-refractivity contribution in [3.8, 4) is 0 Å². The molecule has 0 aliphatic rings. The summed E-state index contributed by atoms with van der Waals surface area (Å²) in [5.74, 6) is 0.240. The van der Waals surface area contributed by atoms with Gasteiger partial charge in [0.25, 0.3) is 0 Å². The molecule has 1 heterocycles. The number of hydrogen-bond acceptors (Lipinski definition) is 3. The Morgan fingerprint density at radius 1 is 1.04 bits per heavy atom. The van der Waals surface area contributed by atoms with Gasteiger partial charge in [-0.25, -0.2) is 0 Å². The highest BCUT2D eigenvalue weighted by atomic mass is 32.1. The molecule has 2 rings (SSSR count). The van der Waals surface area contributed by atoms with Crippen LogP contribution in [0.5, 0.6) is 0 Å². The van der Waals surface area contributed by atoms with Gasteiger partial charge in [-0.1, -0.05) is 52.8 Å². The molecule has 0 spiro atoms.